The Morgan fingerprint density at radius 2 is 1.65 bits per heavy atom. The Morgan fingerprint density at radius 1 is 0.968 bits per heavy atom. The summed E-state index contributed by atoms with van der Waals surface area (Å²) < 4.78 is 0. The zero-order chi connectivity index (χ0) is 22.6. The molecule has 4 aliphatic carbocycles. The van der Waals surface area contributed by atoms with Crippen LogP contribution in [-0.4, -0.2) is 28.2 Å². The molecule has 178 valence electrons. The summed E-state index contributed by atoms with van der Waals surface area (Å²) in [4.78, 5) is 13.3. The van der Waals surface area contributed by atoms with Gasteiger partial charge in [0.25, 0.3) is 0 Å². The van der Waals surface area contributed by atoms with Crippen LogP contribution in [0.4, 0.5) is 0 Å². The van der Waals surface area contributed by atoms with Gasteiger partial charge in [0.05, 0.1) is 12.2 Å². The number of ketones is 1. The molecule has 3 nitrogen and oxygen atoms in total. The van der Waals surface area contributed by atoms with Gasteiger partial charge in [-0.25, -0.2) is 0 Å². The second-order valence-corrected chi connectivity index (χ2v) is 12.6. The highest BCUT2D eigenvalue weighted by Gasteiger charge is 2.63. The van der Waals surface area contributed by atoms with Crippen LogP contribution in [0, 0.1) is 52.3 Å². The molecule has 0 heterocycles. The van der Waals surface area contributed by atoms with E-state index in [0.717, 1.165) is 24.2 Å². The monoisotopic (exact) mass is 432 g/mol. The van der Waals surface area contributed by atoms with Crippen LogP contribution in [0.15, 0.2) is 0 Å². The van der Waals surface area contributed by atoms with Crippen molar-refractivity contribution in [2.45, 2.75) is 117 Å². The first-order chi connectivity index (χ1) is 14.7. The normalized spacial score (nSPS) is 48.3. The number of carbonyl (C=O) groups excluding carboxylic acids is 1. The first-order valence-electron chi connectivity index (χ1n) is 13.5. The predicted molar refractivity (Wildman–Crippen MR) is 125 cm³/mol. The van der Waals surface area contributed by atoms with Crippen molar-refractivity contribution in [2.24, 2.45) is 52.3 Å². The quantitative estimate of drug-likeness (QED) is 0.540. The molecule has 0 amide bonds. The van der Waals surface area contributed by atoms with Gasteiger partial charge in [0.15, 0.2) is 0 Å². The maximum Gasteiger partial charge on any atom is 0.136 e. The summed E-state index contributed by atoms with van der Waals surface area (Å²) in [5, 5.41) is 20.7. The van der Waals surface area contributed by atoms with Crippen LogP contribution in [0.25, 0.3) is 0 Å². The van der Waals surface area contributed by atoms with E-state index in [-0.39, 0.29) is 11.3 Å². The Balaban J connectivity index is 1.51. The number of rotatable bonds is 6. The molecule has 31 heavy (non-hydrogen) atoms. The molecular weight excluding hydrogens is 384 g/mol. The molecule has 4 rings (SSSR count). The Kier molecular flexibility index (Phi) is 6.70. The van der Waals surface area contributed by atoms with Crippen LogP contribution in [0.1, 0.15) is 105 Å². The van der Waals surface area contributed by atoms with Gasteiger partial charge in [0.1, 0.15) is 5.78 Å². The van der Waals surface area contributed by atoms with Crippen LogP contribution in [0.5, 0.6) is 0 Å². The van der Waals surface area contributed by atoms with Crippen molar-refractivity contribution in [3.8, 4) is 0 Å². The van der Waals surface area contributed by atoms with Crippen molar-refractivity contribution in [2.75, 3.05) is 0 Å². The Hall–Kier alpha value is -0.410. The van der Waals surface area contributed by atoms with E-state index in [4.69, 9.17) is 0 Å². The standard InChI is InChI=1S/C28H48O3/c1-6-18(7-2)9-8-17(3)20-10-11-21-19-14-24(29)23-15-25(30)26(31)16-28(23,5)22(19)12-13-27(20,21)4/h17-23,25-26,30-31H,6-16H2,1-5H3/t17-,19+,20-,21+,22+,23-,25+,26-,27-,28-/m1/s1. The van der Waals surface area contributed by atoms with Crippen LogP contribution >= 0.6 is 0 Å². The summed E-state index contributed by atoms with van der Waals surface area (Å²) in [6.45, 7) is 12.0. The highest BCUT2D eigenvalue weighted by atomic mass is 16.3. The molecule has 0 radical (unpaired) electrons. The topological polar surface area (TPSA) is 57.5 Å². The van der Waals surface area contributed by atoms with E-state index >= 15 is 0 Å². The lowest BCUT2D eigenvalue weighted by atomic mass is 9.44. The lowest BCUT2D eigenvalue weighted by Crippen LogP contribution is -2.59. The van der Waals surface area contributed by atoms with Crippen molar-refractivity contribution in [1.82, 2.24) is 0 Å². The average molecular weight is 433 g/mol. The largest absolute Gasteiger partial charge is 0.390 e. The fourth-order valence-corrected chi connectivity index (χ4v) is 9.44. The van der Waals surface area contributed by atoms with Crippen LogP contribution < -0.4 is 0 Å². The first kappa shape index (κ1) is 23.7. The molecule has 4 aliphatic rings. The van der Waals surface area contributed by atoms with Gasteiger partial charge >= 0.3 is 0 Å². The van der Waals surface area contributed by atoms with Crippen molar-refractivity contribution < 1.29 is 15.0 Å². The molecule has 2 N–H and O–H groups in total. The molecule has 0 bridgehead atoms. The molecule has 10 atom stereocenters. The summed E-state index contributed by atoms with van der Waals surface area (Å²) in [5.74, 6) is 4.48. The minimum Gasteiger partial charge on any atom is -0.390 e. The van der Waals surface area contributed by atoms with Gasteiger partial charge in [-0.1, -0.05) is 60.3 Å². The highest BCUT2D eigenvalue weighted by molar-refractivity contribution is 5.83. The van der Waals surface area contributed by atoms with Gasteiger partial charge in [0, 0.05) is 12.3 Å². The van der Waals surface area contributed by atoms with E-state index < -0.39 is 12.2 Å². The van der Waals surface area contributed by atoms with Crippen LogP contribution in [0.3, 0.4) is 0 Å². The molecule has 4 fully saturated rings. The van der Waals surface area contributed by atoms with E-state index in [9.17, 15) is 15.0 Å². The third-order valence-corrected chi connectivity index (χ3v) is 11.4. The van der Waals surface area contributed by atoms with Crippen LogP contribution in [-0.2, 0) is 4.79 Å². The molecule has 3 heteroatoms. The summed E-state index contributed by atoms with van der Waals surface area (Å²) in [6, 6.07) is 0. The van der Waals surface area contributed by atoms with E-state index in [0.29, 0.717) is 41.8 Å². The Bertz CT molecular complexity index is 657. The number of aliphatic hydroxyl groups excluding tert-OH is 2. The van der Waals surface area contributed by atoms with Crippen molar-refractivity contribution in [1.29, 1.82) is 0 Å². The molecular formula is C28H48O3. The van der Waals surface area contributed by atoms with E-state index in [1.54, 1.807) is 0 Å². The Labute approximate surface area is 190 Å². The first-order valence-corrected chi connectivity index (χ1v) is 13.5. The lowest BCUT2D eigenvalue weighted by Gasteiger charge is -2.61. The fraction of sp³-hybridized carbons (Fsp3) is 0.964. The second-order valence-electron chi connectivity index (χ2n) is 12.6. The van der Waals surface area contributed by atoms with Gasteiger partial charge in [-0.15, -0.1) is 0 Å². The van der Waals surface area contributed by atoms with Gasteiger partial charge in [0.2, 0.25) is 0 Å². The molecule has 0 unspecified atom stereocenters. The maximum absolute atomic E-state index is 13.3. The summed E-state index contributed by atoms with van der Waals surface area (Å²) in [5.41, 5.74) is 0.254. The smallest absolute Gasteiger partial charge is 0.136 e. The number of carbonyl (C=O) groups is 1. The minimum absolute atomic E-state index is 0.0485. The van der Waals surface area contributed by atoms with E-state index in [1.165, 1.54) is 51.4 Å². The molecule has 0 aromatic heterocycles. The van der Waals surface area contributed by atoms with Crippen molar-refractivity contribution >= 4 is 5.78 Å². The predicted octanol–water partition coefficient (Wildman–Crippen LogP) is 6.01. The molecule has 0 aromatic carbocycles. The SMILES string of the molecule is CCC(CC)CC[C@@H](C)[C@H]1CC[C@H]2[C@@H]3CC(=O)[C@H]4C[C@H](O)[C@H](O)C[C@]4(C)[C@H]3CC[C@]12C. The Morgan fingerprint density at radius 3 is 2.32 bits per heavy atom. The third kappa shape index (κ3) is 3.84. The molecule has 0 aromatic rings. The van der Waals surface area contributed by atoms with Crippen molar-refractivity contribution in [3.63, 3.8) is 0 Å². The van der Waals surface area contributed by atoms with Crippen LogP contribution in [0.2, 0.25) is 0 Å². The van der Waals surface area contributed by atoms with Gasteiger partial charge in [-0.3, -0.25) is 4.79 Å². The van der Waals surface area contributed by atoms with Gasteiger partial charge < -0.3 is 10.2 Å². The number of hydrogen-bond donors (Lipinski definition) is 2. The minimum atomic E-state index is -0.723. The van der Waals surface area contributed by atoms with Gasteiger partial charge in [-0.2, -0.15) is 0 Å². The number of hydrogen-bond acceptors (Lipinski definition) is 3. The number of fused-ring (bicyclic) bond motifs is 5. The number of aliphatic hydroxyl groups is 2. The molecule has 4 saturated carbocycles. The van der Waals surface area contributed by atoms with Crippen molar-refractivity contribution in [3.05, 3.63) is 0 Å². The summed E-state index contributed by atoms with van der Waals surface area (Å²) in [6.07, 6.45) is 10.9. The summed E-state index contributed by atoms with van der Waals surface area (Å²) >= 11 is 0. The molecule has 0 saturated heterocycles. The van der Waals surface area contributed by atoms with E-state index in [1.807, 2.05) is 0 Å². The van der Waals surface area contributed by atoms with Gasteiger partial charge in [-0.05, 0) is 84.9 Å². The second kappa shape index (κ2) is 8.75. The fourth-order valence-electron chi connectivity index (χ4n) is 9.44. The zero-order valence-electron chi connectivity index (χ0n) is 20.8. The maximum atomic E-state index is 13.3. The lowest BCUT2D eigenvalue weighted by molar-refractivity contribution is -0.173. The van der Waals surface area contributed by atoms with E-state index in [2.05, 4.69) is 34.6 Å². The average Bonchev–Trinajstić information content (AvgIpc) is 3.08. The molecule has 0 spiro atoms. The third-order valence-electron chi connectivity index (χ3n) is 11.4. The highest BCUT2D eigenvalue weighted by Crippen LogP contribution is 2.67. The summed E-state index contributed by atoms with van der Waals surface area (Å²) in [7, 11) is 0. The molecule has 0 aliphatic heterocycles. The zero-order valence-corrected chi connectivity index (χ0v) is 20.8. The number of Topliss-reactive ketones (excluding diaryl/α,β-unsaturated/α-hetero) is 1.